The van der Waals surface area contributed by atoms with Crippen LogP contribution in [0.5, 0.6) is 0 Å². The van der Waals surface area contributed by atoms with Gasteiger partial charge >= 0.3 is 6.09 Å². The molecule has 0 bridgehead atoms. The molecule has 0 unspecified atom stereocenters. The highest BCUT2D eigenvalue weighted by molar-refractivity contribution is 5.70. The van der Waals surface area contributed by atoms with E-state index in [0.29, 0.717) is 11.3 Å². The number of carbonyl (C=O) groups is 1. The fourth-order valence-corrected chi connectivity index (χ4v) is 2.09. The third-order valence-electron chi connectivity index (χ3n) is 3.33. The first-order chi connectivity index (χ1) is 11.2. The van der Waals surface area contributed by atoms with Crippen LogP contribution in [-0.2, 0) is 11.3 Å². The quantitative estimate of drug-likeness (QED) is 0.801. The fourth-order valence-electron chi connectivity index (χ4n) is 2.09. The molecule has 1 amide bonds. The van der Waals surface area contributed by atoms with Gasteiger partial charge in [0.05, 0.1) is 17.9 Å². The van der Waals surface area contributed by atoms with E-state index in [9.17, 15) is 4.79 Å². The molecule has 1 atom stereocenters. The Morgan fingerprint density at radius 3 is 2.83 bits per heavy atom. The van der Waals surface area contributed by atoms with E-state index in [1.54, 1.807) is 18.5 Å². The molecule has 0 radical (unpaired) electrons. The maximum Gasteiger partial charge on any atom is 0.407 e. The summed E-state index contributed by atoms with van der Waals surface area (Å²) in [5.74, 6) is 0. The van der Waals surface area contributed by atoms with Crippen molar-refractivity contribution in [3.63, 3.8) is 0 Å². The SMILES string of the molecule is C[C@H](NC(=O)OCc1ccccc1)c1cnc2cccnc2n1. The summed E-state index contributed by atoms with van der Waals surface area (Å²) in [6, 6.07) is 12.8. The van der Waals surface area contributed by atoms with Gasteiger partial charge in [0.15, 0.2) is 5.65 Å². The Labute approximate surface area is 133 Å². The van der Waals surface area contributed by atoms with Crippen LogP contribution in [0.3, 0.4) is 0 Å². The standard InChI is InChI=1S/C17H16N4O2/c1-12(15-10-19-14-8-5-9-18-16(14)21-15)20-17(22)23-11-13-6-3-2-4-7-13/h2-10,12H,11H2,1H3,(H,20,22)/t12-/m0/s1. The minimum absolute atomic E-state index is 0.227. The van der Waals surface area contributed by atoms with E-state index in [-0.39, 0.29) is 12.6 Å². The third kappa shape index (κ3) is 3.79. The number of aromatic nitrogens is 3. The monoisotopic (exact) mass is 308 g/mol. The summed E-state index contributed by atoms with van der Waals surface area (Å²) in [4.78, 5) is 24.7. The lowest BCUT2D eigenvalue weighted by molar-refractivity contribution is 0.136. The molecule has 2 aromatic heterocycles. The van der Waals surface area contributed by atoms with E-state index in [1.165, 1.54) is 0 Å². The van der Waals surface area contributed by atoms with E-state index < -0.39 is 6.09 Å². The average molecular weight is 308 g/mol. The number of pyridine rings is 1. The lowest BCUT2D eigenvalue weighted by Crippen LogP contribution is -2.28. The van der Waals surface area contributed by atoms with Gasteiger partial charge in [-0.2, -0.15) is 0 Å². The average Bonchev–Trinajstić information content (AvgIpc) is 2.60. The summed E-state index contributed by atoms with van der Waals surface area (Å²) in [5.41, 5.74) is 2.84. The Balaban J connectivity index is 1.61. The molecule has 0 spiro atoms. The third-order valence-corrected chi connectivity index (χ3v) is 3.33. The molecule has 3 aromatic rings. The van der Waals surface area contributed by atoms with Crippen LogP contribution >= 0.6 is 0 Å². The molecule has 0 aliphatic heterocycles. The molecule has 23 heavy (non-hydrogen) atoms. The molecule has 0 aliphatic carbocycles. The Hall–Kier alpha value is -3.02. The molecule has 0 fully saturated rings. The number of ether oxygens (including phenoxy) is 1. The number of hydrogen-bond acceptors (Lipinski definition) is 5. The van der Waals surface area contributed by atoms with Gasteiger partial charge in [-0.15, -0.1) is 0 Å². The number of carbonyl (C=O) groups excluding carboxylic acids is 1. The zero-order valence-corrected chi connectivity index (χ0v) is 12.6. The summed E-state index contributed by atoms with van der Waals surface area (Å²) in [6.07, 6.45) is 2.79. The predicted octanol–water partition coefficient (Wildman–Crippen LogP) is 3.01. The van der Waals surface area contributed by atoms with Crippen LogP contribution in [0.15, 0.2) is 54.9 Å². The van der Waals surface area contributed by atoms with E-state index in [4.69, 9.17) is 4.74 Å². The highest BCUT2D eigenvalue weighted by Gasteiger charge is 2.13. The summed E-state index contributed by atoms with van der Waals surface area (Å²) >= 11 is 0. The number of nitrogens with zero attached hydrogens (tertiary/aromatic N) is 3. The molecule has 6 nitrogen and oxygen atoms in total. The Morgan fingerprint density at radius 2 is 2.00 bits per heavy atom. The highest BCUT2D eigenvalue weighted by Crippen LogP contribution is 2.12. The lowest BCUT2D eigenvalue weighted by Gasteiger charge is -2.13. The van der Waals surface area contributed by atoms with Gasteiger partial charge in [-0.05, 0) is 24.6 Å². The highest BCUT2D eigenvalue weighted by atomic mass is 16.5. The molecular formula is C17H16N4O2. The summed E-state index contributed by atoms with van der Waals surface area (Å²) in [5, 5.41) is 2.74. The molecule has 0 saturated carbocycles. The second-order valence-corrected chi connectivity index (χ2v) is 5.07. The molecule has 6 heteroatoms. The number of alkyl carbamates (subject to hydrolysis) is 1. The van der Waals surface area contributed by atoms with Gasteiger partial charge < -0.3 is 10.1 Å². The maximum absolute atomic E-state index is 11.9. The van der Waals surface area contributed by atoms with E-state index in [0.717, 1.165) is 11.1 Å². The minimum atomic E-state index is -0.496. The zero-order chi connectivity index (χ0) is 16.1. The first-order valence-corrected chi connectivity index (χ1v) is 7.27. The normalized spacial score (nSPS) is 11.9. The van der Waals surface area contributed by atoms with Gasteiger partial charge in [-0.25, -0.2) is 14.8 Å². The van der Waals surface area contributed by atoms with Gasteiger partial charge in [0.25, 0.3) is 0 Å². The molecule has 0 aliphatic rings. The summed E-state index contributed by atoms with van der Waals surface area (Å²) in [6.45, 7) is 2.05. The number of rotatable bonds is 4. The number of nitrogens with one attached hydrogen (secondary N) is 1. The Morgan fingerprint density at radius 1 is 1.17 bits per heavy atom. The first kappa shape index (κ1) is 14.9. The molecule has 2 heterocycles. The number of amides is 1. The van der Waals surface area contributed by atoms with Crippen molar-refractivity contribution in [2.24, 2.45) is 0 Å². The van der Waals surface area contributed by atoms with Crippen LogP contribution in [0, 0.1) is 0 Å². The number of hydrogen-bond donors (Lipinski definition) is 1. The Bertz CT molecular complexity index is 808. The summed E-state index contributed by atoms with van der Waals surface area (Å²) in [7, 11) is 0. The van der Waals surface area contributed by atoms with Gasteiger partial charge in [0.1, 0.15) is 12.1 Å². The van der Waals surface area contributed by atoms with Crippen molar-refractivity contribution in [2.75, 3.05) is 0 Å². The minimum Gasteiger partial charge on any atom is -0.445 e. The second kappa shape index (κ2) is 6.83. The van der Waals surface area contributed by atoms with Crippen molar-refractivity contribution in [3.8, 4) is 0 Å². The molecular weight excluding hydrogens is 292 g/mol. The van der Waals surface area contributed by atoms with Crippen LogP contribution in [0.1, 0.15) is 24.2 Å². The van der Waals surface area contributed by atoms with Crippen molar-refractivity contribution < 1.29 is 9.53 Å². The van der Waals surface area contributed by atoms with Gasteiger partial charge in [-0.1, -0.05) is 30.3 Å². The van der Waals surface area contributed by atoms with Crippen LogP contribution in [0.25, 0.3) is 11.2 Å². The van der Waals surface area contributed by atoms with Crippen molar-refractivity contribution in [3.05, 3.63) is 66.1 Å². The van der Waals surface area contributed by atoms with Crippen molar-refractivity contribution in [1.29, 1.82) is 0 Å². The molecule has 1 aromatic carbocycles. The van der Waals surface area contributed by atoms with E-state index in [2.05, 4.69) is 20.3 Å². The topological polar surface area (TPSA) is 77.0 Å². The van der Waals surface area contributed by atoms with Crippen molar-refractivity contribution >= 4 is 17.3 Å². The molecule has 116 valence electrons. The maximum atomic E-state index is 11.9. The lowest BCUT2D eigenvalue weighted by atomic mass is 10.2. The van der Waals surface area contributed by atoms with Crippen LogP contribution < -0.4 is 5.32 Å². The van der Waals surface area contributed by atoms with Gasteiger partial charge in [0, 0.05) is 6.20 Å². The Kier molecular flexibility index (Phi) is 4.42. The number of benzene rings is 1. The van der Waals surface area contributed by atoms with E-state index >= 15 is 0 Å². The van der Waals surface area contributed by atoms with Crippen LogP contribution in [0.2, 0.25) is 0 Å². The molecule has 1 N–H and O–H groups in total. The fraction of sp³-hybridized carbons (Fsp3) is 0.176. The van der Waals surface area contributed by atoms with E-state index in [1.807, 2.05) is 43.3 Å². The van der Waals surface area contributed by atoms with Gasteiger partial charge in [0.2, 0.25) is 0 Å². The number of fused-ring (bicyclic) bond motifs is 1. The van der Waals surface area contributed by atoms with Crippen molar-refractivity contribution in [1.82, 2.24) is 20.3 Å². The summed E-state index contributed by atoms with van der Waals surface area (Å²) < 4.78 is 5.19. The second-order valence-electron chi connectivity index (χ2n) is 5.07. The van der Waals surface area contributed by atoms with Crippen LogP contribution in [-0.4, -0.2) is 21.0 Å². The largest absolute Gasteiger partial charge is 0.445 e. The predicted molar refractivity (Wildman–Crippen MR) is 85.5 cm³/mol. The smallest absolute Gasteiger partial charge is 0.407 e. The molecule has 0 saturated heterocycles. The zero-order valence-electron chi connectivity index (χ0n) is 12.6. The van der Waals surface area contributed by atoms with Crippen molar-refractivity contribution in [2.45, 2.75) is 19.6 Å². The molecule has 3 rings (SSSR count). The van der Waals surface area contributed by atoms with Gasteiger partial charge in [-0.3, -0.25) is 4.98 Å². The first-order valence-electron chi connectivity index (χ1n) is 7.27. The van der Waals surface area contributed by atoms with Crippen LogP contribution in [0.4, 0.5) is 4.79 Å².